The van der Waals surface area contributed by atoms with Gasteiger partial charge in [0.05, 0.1) is 13.0 Å². The molecular weight excluding hydrogens is 498 g/mol. The van der Waals surface area contributed by atoms with Gasteiger partial charge in [-0.15, -0.1) is 0 Å². The van der Waals surface area contributed by atoms with E-state index in [1.54, 1.807) is 6.92 Å². The number of esters is 2. The van der Waals surface area contributed by atoms with Crippen molar-refractivity contribution in [2.45, 2.75) is 52.6 Å². The van der Waals surface area contributed by atoms with Crippen molar-refractivity contribution in [2.24, 2.45) is 5.92 Å². The highest BCUT2D eigenvalue weighted by atomic mass is 16.7. The first-order chi connectivity index (χ1) is 18.7. The second-order valence-electron chi connectivity index (χ2n) is 9.47. The molecule has 8 nitrogen and oxygen atoms in total. The predicted octanol–water partition coefficient (Wildman–Crippen LogP) is 5.47. The summed E-state index contributed by atoms with van der Waals surface area (Å²) >= 11 is 0. The van der Waals surface area contributed by atoms with E-state index < -0.39 is 36.5 Å². The van der Waals surface area contributed by atoms with Crippen molar-refractivity contribution in [1.29, 1.82) is 0 Å². The lowest BCUT2D eigenvalue weighted by atomic mass is 9.87. The molecule has 0 amide bonds. The van der Waals surface area contributed by atoms with Crippen LogP contribution < -0.4 is 9.47 Å². The smallest absolute Gasteiger partial charge is 0.309 e. The lowest BCUT2D eigenvalue weighted by molar-refractivity contribution is -0.153. The van der Waals surface area contributed by atoms with Crippen LogP contribution in [0.4, 0.5) is 0 Å². The van der Waals surface area contributed by atoms with Crippen molar-refractivity contribution < 1.29 is 33.3 Å². The third-order valence-electron chi connectivity index (χ3n) is 6.38. The first-order valence-corrected chi connectivity index (χ1v) is 12.8. The van der Waals surface area contributed by atoms with Crippen molar-refractivity contribution in [3.8, 4) is 11.5 Å². The Bertz CT molecular complexity index is 1260. The van der Waals surface area contributed by atoms with Gasteiger partial charge in [-0.05, 0) is 31.4 Å². The number of Topliss-reactive ketones (excluding diaryl/α,β-unsaturated/α-hetero) is 1. The Balaban J connectivity index is 1.71. The average molecular weight is 534 g/mol. The highest BCUT2D eigenvalue weighted by Gasteiger charge is 2.28. The fraction of sp³-hybridized carbons (Fsp3) is 0.355. The molecule has 1 aromatic heterocycles. The molecule has 0 aliphatic carbocycles. The molecule has 2 aromatic carbocycles. The van der Waals surface area contributed by atoms with Crippen molar-refractivity contribution >= 4 is 17.7 Å². The topological polar surface area (TPSA) is 101 Å². The Labute approximate surface area is 229 Å². The maximum atomic E-state index is 13.1. The van der Waals surface area contributed by atoms with Crippen LogP contribution >= 0.6 is 0 Å². The van der Waals surface area contributed by atoms with E-state index in [4.69, 9.17) is 18.9 Å². The largest absolute Gasteiger partial charge is 0.493 e. The molecule has 3 atom stereocenters. The standard InChI is InChI=1S/C31H35NO7/c1-20-11-13-24(14-12-20)18-26(25-9-7-6-8-10-25)22(3)39-31(35)21(2)17-27(34)29-30(38-19-37-23(4)33)28(36-5)15-16-32-29/h6-16,21-22,26H,17-19H2,1-5H3/t21-,22+,26+/m1/s1. The number of hydrogen-bond donors (Lipinski definition) is 0. The minimum absolute atomic E-state index is 0.0178. The van der Waals surface area contributed by atoms with Crippen molar-refractivity contribution in [3.05, 3.63) is 89.2 Å². The highest BCUT2D eigenvalue weighted by molar-refractivity contribution is 5.99. The number of rotatable bonds is 13. The SMILES string of the molecule is COc1ccnc(C(=O)C[C@@H](C)C(=O)O[C@@H](C)[C@H](Cc2ccc(C)cc2)c2ccccc2)c1OCOC(C)=O. The number of aromatic nitrogens is 1. The first kappa shape index (κ1) is 29.4. The van der Waals surface area contributed by atoms with Crippen LogP contribution in [-0.2, 0) is 25.5 Å². The molecular formula is C31H35NO7. The Morgan fingerprint density at radius 1 is 0.949 bits per heavy atom. The first-order valence-electron chi connectivity index (χ1n) is 12.8. The molecule has 0 bridgehead atoms. The van der Waals surface area contributed by atoms with Crippen LogP contribution in [-0.4, -0.2) is 42.7 Å². The summed E-state index contributed by atoms with van der Waals surface area (Å²) in [6, 6.07) is 19.8. The molecule has 8 heteroatoms. The van der Waals surface area contributed by atoms with Gasteiger partial charge in [0, 0.05) is 31.5 Å². The van der Waals surface area contributed by atoms with Gasteiger partial charge < -0.3 is 18.9 Å². The van der Waals surface area contributed by atoms with Crippen molar-refractivity contribution in [2.75, 3.05) is 13.9 Å². The number of hydrogen-bond acceptors (Lipinski definition) is 8. The summed E-state index contributed by atoms with van der Waals surface area (Å²) in [6.45, 7) is 6.40. The van der Waals surface area contributed by atoms with Crippen LogP contribution in [0, 0.1) is 12.8 Å². The second-order valence-corrected chi connectivity index (χ2v) is 9.47. The number of carbonyl (C=O) groups is 3. The molecule has 0 aliphatic rings. The van der Waals surface area contributed by atoms with Gasteiger partial charge in [0.1, 0.15) is 6.10 Å². The molecule has 39 heavy (non-hydrogen) atoms. The van der Waals surface area contributed by atoms with Crippen molar-refractivity contribution in [1.82, 2.24) is 4.98 Å². The van der Waals surface area contributed by atoms with Crippen LogP contribution in [0.25, 0.3) is 0 Å². The van der Waals surface area contributed by atoms with E-state index in [-0.39, 0.29) is 29.5 Å². The number of aryl methyl sites for hydroxylation is 1. The molecule has 206 valence electrons. The number of methoxy groups -OCH3 is 1. The van der Waals surface area contributed by atoms with Crippen molar-refractivity contribution in [3.63, 3.8) is 0 Å². The molecule has 3 rings (SSSR count). The number of benzene rings is 2. The summed E-state index contributed by atoms with van der Waals surface area (Å²) in [7, 11) is 1.42. The summed E-state index contributed by atoms with van der Waals surface area (Å²) in [5.41, 5.74) is 3.37. The monoisotopic (exact) mass is 533 g/mol. The molecule has 0 unspecified atom stereocenters. The summed E-state index contributed by atoms with van der Waals surface area (Å²) in [5, 5.41) is 0. The molecule has 0 N–H and O–H groups in total. The summed E-state index contributed by atoms with van der Waals surface area (Å²) in [4.78, 5) is 41.5. The number of nitrogens with zero attached hydrogens (tertiary/aromatic N) is 1. The molecule has 0 saturated carbocycles. The van der Waals surface area contributed by atoms with E-state index >= 15 is 0 Å². The minimum Gasteiger partial charge on any atom is -0.493 e. The van der Waals surface area contributed by atoms with Gasteiger partial charge in [0.25, 0.3) is 0 Å². The van der Waals surface area contributed by atoms with Crippen LogP contribution in [0.3, 0.4) is 0 Å². The van der Waals surface area contributed by atoms with Crippen LogP contribution in [0.5, 0.6) is 11.5 Å². The van der Waals surface area contributed by atoms with Gasteiger partial charge in [0.15, 0.2) is 23.0 Å². The Morgan fingerprint density at radius 2 is 1.64 bits per heavy atom. The molecule has 0 saturated heterocycles. The third-order valence-corrected chi connectivity index (χ3v) is 6.38. The molecule has 3 aromatic rings. The zero-order chi connectivity index (χ0) is 28.4. The van der Waals surface area contributed by atoms with E-state index in [1.807, 2.05) is 44.2 Å². The number of pyridine rings is 1. The lowest BCUT2D eigenvalue weighted by Crippen LogP contribution is -2.28. The zero-order valence-corrected chi connectivity index (χ0v) is 23.0. The fourth-order valence-electron chi connectivity index (χ4n) is 4.17. The Morgan fingerprint density at radius 3 is 2.28 bits per heavy atom. The number of ether oxygens (including phenoxy) is 4. The third kappa shape index (κ3) is 8.40. The molecule has 0 radical (unpaired) electrons. The van der Waals surface area contributed by atoms with Crippen LogP contribution in [0.2, 0.25) is 0 Å². The Hall–Kier alpha value is -4.20. The van der Waals surface area contributed by atoms with Gasteiger partial charge in [0.2, 0.25) is 6.79 Å². The van der Waals surface area contributed by atoms with Gasteiger partial charge in [-0.1, -0.05) is 67.1 Å². The van der Waals surface area contributed by atoms with E-state index in [0.717, 1.165) is 11.1 Å². The lowest BCUT2D eigenvalue weighted by Gasteiger charge is -2.26. The van der Waals surface area contributed by atoms with Gasteiger partial charge in [-0.25, -0.2) is 4.98 Å². The maximum absolute atomic E-state index is 13.1. The summed E-state index contributed by atoms with van der Waals surface area (Å²) in [6.07, 6.45) is 1.52. The van der Waals surface area contributed by atoms with Crippen LogP contribution in [0.15, 0.2) is 66.9 Å². The van der Waals surface area contributed by atoms with Gasteiger partial charge in [-0.2, -0.15) is 0 Å². The van der Waals surface area contributed by atoms with Gasteiger partial charge in [-0.3, -0.25) is 14.4 Å². The molecule has 0 aliphatic heterocycles. The number of ketones is 1. The maximum Gasteiger partial charge on any atom is 0.309 e. The highest BCUT2D eigenvalue weighted by Crippen LogP contribution is 2.32. The molecule has 0 fully saturated rings. The van der Waals surface area contributed by atoms with Gasteiger partial charge >= 0.3 is 11.9 Å². The quantitative estimate of drug-likeness (QED) is 0.162. The van der Waals surface area contributed by atoms with E-state index in [1.165, 1.54) is 31.9 Å². The van der Waals surface area contributed by atoms with E-state index in [9.17, 15) is 14.4 Å². The fourth-order valence-corrected chi connectivity index (χ4v) is 4.17. The zero-order valence-electron chi connectivity index (χ0n) is 23.0. The van der Waals surface area contributed by atoms with Crippen LogP contribution in [0.1, 0.15) is 60.3 Å². The second kappa shape index (κ2) is 14.1. The minimum atomic E-state index is -0.731. The summed E-state index contributed by atoms with van der Waals surface area (Å²) in [5.74, 6) is -1.94. The predicted molar refractivity (Wildman–Crippen MR) is 146 cm³/mol. The molecule has 0 spiro atoms. The number of carbonyl (C=O) groups excluding carboxylic acids is 3. The molecule has 1 heterocycles. The summed E-state index contributed by atoms with van der Waals surface area (Å²) < 4.78 is 21.5. The van der Waals surface area contributed by atoms with E-state index in [0.29, 0.717) is 6.42 Å². The average Bonchev–Trinajstić information content (AvgIpc) is 2.92. The normalized spacial score (nSPS) is 13.1. The Kier molecular flexibility index (Phi) is 10.6. The van der Waals surface area contributed by atoms with E-state index in [2.05, 4.69) is 29.2 Å².